The molecule has 0 unspecified atom stereocenters. The third-order valence-corrected chi connectivity index (χ3v) is 5.17. The number of likely N-dealkylation sites (tertiary alicyclic amines) is 1. The van der Waals surface area contributed by atoms with E-state index in [2.05, 4.69) is 26.7 Å². The minimum atomic E-state index is -0.502. The second-order valence-corrected chi connectivity index (χ2v) is 9.09. The number of aromatic nitrogens is 2. The molecule has 0 radical (unpaired) electrons. The first-order valence-corrected chi connectivity index (χ1v) is 10.5. The fourth-order valence-corrected chi connectivity index (χ4v) is 3.61. The molecule has 30 heavy (non-hydrogen) atoms. The van der Waals surface area contributed by atoms with Gasteiger partial charge >= 0.3 is 6.09 Å². The number of fused-ring (bicyclic) bond motifs is 1. The summed E-state index contributed by atoms with van der Waals surface area (Å²) in [6, 6.07) is 6.38. The van der Waals surface area contributed by atoms with Crippen LogP contribution in [-0.4, -0.2) is 51.7 Å². The van der Waals surface area contributed by atoms with Crippen LogP contribution < -0.4 is 10.6 Å². The summed E-state index contributed by atoms with van der Waals surface area (Å²) in [5.41, 5.74) is -0.120. The van der Waals surface area contributed by atoms with Crippen LogP contribution in [0.5, 0.6) is 0 Å². The summed E-state index contributed by atoms with van der Waals surface area (Å²) in [6.45, 7) is 6.91. The van der Waals surface area contributed by atoms with Gasteiger partial charge in [-0.3, -0.25) is 0 Å². The van der Waals surface area contributed by atoms with E-state index in [4.69, 9.17) is 4.74 Å². The summed E-state index contributed by atoms with van der Waals surface area (Å²) in [5.74, 6) is 1.47. The van der Waals surface area contributed by atoms with E-state index in [-0.39, 0.29) is 12.1 Å². The van der Waals surface area contributed by atoms with Crippen molar-refractivity contribution in [1.82, 2.24) is 14.9 Å². The van der Waals surface area contributed by atoms with Gasteiger partial charge in [0.15, 0.2) is 0 Å². The summed E-state index contributed by atoms with van der Waals surface area (Å²) in [5, 5.41) is 18.0. The number of hydrogen-bond acceptors (Lipinski definition) is 7. The van der Waals surface area contributed by atoms with Crippen molar-refractivity contribution in [2.45, 2.75) is 64.1 Å². The van der Waals surface area contributed by atoms with E-state index in [1.54, 1.807) is 17.2 Å². The van der Waals surface area contributed by atoms with Gasteiger partial charge in [0.2, 0.25) is 0 Å². The standard InChI is InChI=1S/C22H28N6O2/c1-22(2,3)30-21(29)28-8-4-5-16(13-28)25-19-10-18-14(12-24-19)9-17(11-23)27-20(18)26-15-6-7-15/h9-10,12,15-16H,4-8,13H2,1-3H3,(H,24,25)(H,26,27)/t16-/m0/s1. The number of piperidine rings is 1. The van der Waals surface area contributed by atoms with E-state index in [0.29, 0.717) is 24.8 Å². The molecule has 3 heterocycles. The number of nitrogens with one attached hydrogen (secondary N) is 2. The van der Waals surface area contributed by atoms with Crippen LogP contribution >= 0.6 is 0 Å². The number of anilines is 2. The molecule has 1 atom stereocenters. The molecule has 0 aromatic carbocycles. The number of pyridine rings is 2. The van der Waals surface area contributed by atoms with Gasteiger partial charge in [-0.2, -0.15) is 5.26 Å². The molecule has 4 rings (SSSR count). The topological polar surface area (TPSA) is 103 Å². The third-order valence-electron chi connectivity index (χ3n) is 5.17. The predicted molar refractivity (Wildman–Crippen MR) is 115 cm³/mol. The molecule has 158 valence electrons. The second-order valence-electron chi connectivity index (χ2n) is 9.09. The van der Waals surface area contributed by atoms with Gasteiger partial charge in [-0.05, 0) is 58.6 Å². The van der Waals surface area contributed by atoms with Crippen molar-refractivity contribution in [1.29, 1.82) is 5.26 Å². The van der Waals surface area contributed by atoms with Gasteiger partial charge in [-0.1, -0.05) is 0 Å². The highest BCUT2D eigenvalue weighted by atomic mass is 16.6. The van der Waals surface area contributed by atoms with E-state index in [9.17, 15) is 10.1 Å². The third kappa shape index (κ3) is 4.90. The highest BCUT2D eigenvalue weighted by molar-refractivity contribution is 5.94. The molecule has 0 bridgehead atoms. The average Bonchev–Trinajstić information content (AvgIpc) is 3.51. The van der Waals surface area contributed by atoms with Gasteiger partial charge in [0.05, 0.1) is 0 Å². The number of ether oxygens (including phenoxy) is 1. The molecule has 2 N–H and O–H groups in total. The summed E-state index contributed by atoms with van der Waals surface area (Å²) in [4.78, 5) is 23.2. The Balaban J connectivity index is 1.50. The molecule has 1 aliphatic heterocycles. The summed E-state index contributed by atoms with van der Waals surface area (Å²) in [6.07, 6.45) is 5.61. The molecule has 2 aromatic heterocycles. The van der Waals surface area contributed by atoms with Crippen molar-refractivity contribution in [2.75, 3.05) is 23.7 Å². The summed E-state index contributed by atoms with van der Waals surface area (Å²) >= 11 is 0. The van der Waals surface area contributed by atoms with Crippen molar-refractivity contribution in [2.24, 2.45) is 0 Å². The second kappa shape index (κ2) is 7.98. The first-order chi connectivity index (χ1) is 14.3. The molecule has 0 spiro atoms. The lowest BCUT2D eigenvalue weighted by Gasteiger charge is -2.34. The minimum Gasteiger partial charge on any atom is -0.444 e. The average molecular weight is 409 g/mol. The van der Waals surface area contributed by atoms with E-state index in [1.807, 2.05) is 26.8 Å². The molecule has 1 amide bonds. The Hall–Kier alpha value is -3.08. The maximum absolute atomic E-state index is 12.4. The molecule has 1 aliphatic carbocycles. The first-order valence-electron chi connectivity index (χ1n) is 10.5. The fraction of sp³-hybridized carbons (Fsp3) is 0.545. The molecule has 8 nitrogen and oxygen atoms in total. The molecular formula is C22H28N6O2. The van der Waals surface area contributed by atoms with Crippen LogP contribution in [0.15, 0.2) is 18.3 Å². The van der Waals surface area contributed by atoms with Crippen molar-refractivity contribution < 1.29 is 9.53 Å². The number of nitrogens with zero attached hydrogens (tertiary/aromatic N) is 4. The van der Waals surface area contributed by atoms with Crippen LogP contribution in [-0.2, 0) is 4.74 Å². The zero-order valence-electron chi connectivity index (χ0n) is 17.7. The normalized spacial score (nSPS) is 19.3. The molecular weight excluding hydrogens is 380 g/mol. The Morgan fingerprint density at radius 2 is 2.03 bits per heavy atom. The number of carbonyl (C=O) groups excluding carboxylic acids is 1. The van der Waals surface area contributed by atoms with Gasteiger partial charge in [0.25, 0.3) is 0 Å². The number of nitriles is 1. The van der Waals surface area contributed by atoms with E-state index >= 15 is 0 Å². The maximum Gasteiger partial charge on any atom is 0.410 e. The van der Waals surface area contributed by atoms with Gasteiger partial charge in [0, 0.05) is 42.1 Å². The molecule has 2 aliphatic rings. The number of amides is 1. The highest BCUT2D eigenvalue weighted by Gasteiger charge is 2.28. The fourth-order valence-electron chi connectivity index (χ4n) is 3.61. The monoisotopic (exact) mass is 408 g/mol. The summed E-state index contributed by atoms with van der Waals surface area (Å²) < 4.78 is 5.51. The predicted octanol–water partition coefficient (Wildman–Crippen LogP) is 3.89. The quantitative estimate of drug-likeness (QED) is 0.791. The van der Waals surface area contributed by atoms with Crippen LogP contribution in [0.4, 0.5) is 16.4 Å². The lowest BCUT2D eigenvalue weighted by molar-refractivity contribution is 0.0206. The Morgan fingerprint density at radius 1 is 1.23 bits per heavy atom. The van der Waals surface area contributed by atoms with E-state index in [1.165, 1.54) is 0 Å². The summed E-state index contributed by atoms with van der Waals surface area (Å²) in [7, 11) is 0. The molecule has 1 saturated heterocycles. The Morgan fingerprint density at radius 3 is 2.73 bits per heavy atom. The maximum atomic E-state index is 12.4. The Labute approximate surface area is 176 Å². The van der Waals surface area contributed by atoms with Crippen molar-refractivity contribution in [3.8, 4) is 6.07 Å². The van der Waals surface area contributed by atoms with E-state index < -0.39 is 5.60 Å². The molecule has 1 saturated carbocycles. The molecule has 2 fully saturated rings. The first kappa shape index (κ1) is 20.2. The minimum absolute atomic E-state index is 0.0994. The van der Waals surface area contributed by atoms with Gasteiger partial charge in [-0.25, -0.2) is 14.8 Å². The van der Waals surface area contributed by atoms with Crippen LogP contribution in [0.3, 0.4) is 0 Å². The highest BCUT2D eigenvalue weighted by Crippen LogP contribution is 2.30. The Kier molecular flexibility index (Phi) is 5.37. The zero-order valence-corrected chi connectivity index (χ0v) is 17.7. The lowest BCUT2D eigenvalue weighted by atomic mass is 10.1. The zero-order chi connectivity index (χ0) is 21.3. The van der Waals surface area contributed by atoms with E-state index in [0.717, 1.165) is 48.1 Å². The number of rotatable bonds is 4. The van der Waals surface area contributed by atoms with Crippen LogP contribution in [0.1, 0.15) is 52.1 Å². The largest absolute Gasteiger partial charge is 0.444 e. The van der Waals surface area contributed by atoms with Crippen molar-refractivity contribution in [3.05, 3.63) is 24.0 Å². The van der Waals surface area contributed by atoms with Gasteiger partial charge in [0.1, 0.15) is 29.0 Å². The number of carbonyl (C=O) groups is 1. The molecule has 2 aromatic rings. The van der Waals surface area contributed by atoms with Gasteiger partial charge < -0.3 is 20.3 Å². The van der Waals surface area contributed by atoms with Crippen LogP contribution in [0.2, 0.25) is 0 Å². The number of hydrogen-bond donors (Lipinski definition) is 2. The van der Waals surface area contributed by atoms with Crippen molar-refractivity contribution >= 4 is 28.5 Å². The SMILES string of the molecule is CC(C)(C)OC(=O)N1CCC[C@H](Nc2cc3c(NC4CC4)nc(C#N)cc3cn2)C1. The lowest BCUT2D eigenvalue weighted by Crippen LogP contribution is -2.47. The Bertz CT molecular complexity index is 990. The van der Waals surface area contributed by atoms with Crippen LogP contribution in [0.25, 0.3) is 10.8 Å². The van der Waals surface area contributed by atoms with Gasteiger partial charge in [-0.15, -0.1) is 0 Å². The van der Waals surface area contributed by atoms with Crippen molar-refractivity contribution in [3.63, 3.8) is 0 Å². The van der Waals surface area contributed by atoms with Crippen LogP contribution in [0, 0.1) is 11.3 Å². The molecule has 8 heteroatoms. The smallest absolute Gasteiger partial charge is 0.410 e.